The lowest BCUT2D eigenvalue weighted by atomic mass is 9.97. The van der Waals surface area contributed by atoms with Crippen LogP contribution in [0.4, 0.5) is 5.69 Å². The SMILES string of the molecule is CC(=O)Nc1ccc(CNC(=O)C2CCNCC2)cc1. The molecule has 0 saturated carbocycles. The molecule has 1 aromatic rings. The quantitative estimate of drug-likeness (QED) is 0.775. The van der Waals surface area contributed by atoms with Crippen LogP contribution in [0.25, 0.3) is 0 Å². The van der Waals surface area contributed by atoms with E-state index in [1.165, 1.54) is 6.92 Å². The first kappa shape index (κ1) is 14.5. The van der Waals surface area contributed by atoms with Crippen molar-refractivity contribution in [2.75, 3.05) is 18.4 Å². The maximum atomic E-state index is 12.0. The van der Waals surface area contributed by atoms with Crippen molar-refractivity contribution in [3.05, 3.63) is 29.8 Å². The maximum Gasteiger partial charge on any atom is 0.223 e. The fraction of sp³-hybridized carbons (Fsp3) is 0.467. The summed E-state index contributed by atoms with van der Waals surface area (Å²) in [5.41, 5.74) is 1.80. The van der Waals surface area contributed by atoms with E-state index in [0.29, 0.717) is 6.54 Å². The highest BCUT2D eigenvalue weighted by atomic mass is 16.2. The number of amides is 2. The molecule has 1 aromatic carbocycles. The van der Waals surface area contributed by atoms with E-state index in [4.69, 9.17) is 0 Å². The van der Waals surface area contributed by atoms with Crippen molar-refractivity contribution >= 4 is 17.5 Å². The van der Waals surface area contributed by atoms with Gasteiger partial charge in [-0.05, 0) is 43.6 Å². The second-order valence-electron chi connectivity index (χ2n) is 5.12. The van der Waals surface area contributed by atoms with Gasteiger partial charge in [-0.1, -0.05) is 12.1 Å². The number of nitrogens with one attached hydrogen (secondary N) is 3. The Morgan fingerprint density at radius 3 is 2.45 bits per heavy atom. The molecule has 1 heterocycles. The molecule has 0 bridgehead atoms. The summed E-state index contributed by atoms with van der Waals surface area (Å²) >= 11 is 0. The van der Waals surface area contributed by atoms with E-state index in [0.717, 1.165) is 37.2 Å². The maximum absolute atomic E-state index is 12.0. The van der Waals surface area contributed by atoms with E-state index in [1.807, 2.05) is 24.3 Å². The number of piperidine rings is 1. The zero-order valence-corrected chi connectivity index (χ0v) is 11.7. The van der Waals surface area contributed by atoms with E-state index < -0.39 is 0 Å². The van der Waals surface area contributed by atoms with Crippen molar-refractivity contribution in [2.24, 2.45) is 5.92 Å². The van der Waals surface area contributed by atoms with Gasteiger partial charge in [0.05, 0.1) is 0 Å². The molecule has 5 nitrogen and oxygen atoms in total. The molecule has 0 aromatic heterocycles. The molecule has 1 saturated heterocycles. The Morgan fingerprint density at radius 1 is 1.20 bits per heavy atom. The van der Waals surface area contributed by atoms with Crippen molar-refractivity contribution in [3.63, 3.8) is 0 Å². The van der Waals surface area contributed by atoms with Crippen LogP contribution < -0.4 is 16.0 Å². The first-order valence-corrected chi connectivity index (χ1v) is 7.00. The van der Waals surface area contributed by atoms with Crippen LogP contribution >= 0.6 is 0 Å². The summed E-state index contributed by atoms with van der Waals surface area (Å²) in [4.78, 5) is 22.9. The van der Waals surface area contributed by atoms with Crippen LogP contribution in [0.1, 0.15) is 25.3 Å². The lowest BCUT2D eigenvalue weighted by Gasteiger charge is -2.21. The average molecular weight is 275 g/mol. The van der Waals surface area contributed by atoms with Gasteiger partial charge in [0.25, 0.3) is 0 Å². The minimum absolute atomic E-state index is 0.0861. The molecule has 0 radical (unpaired) electrons. The molecule has 0 unspecified atom stereocenters. The molecule has 3 N–H and O–H groups in total. The van der Waals surface area contributed by atoms with Crippen LogP contribution in [0, 0.1) is 5.92 Å². The Balaban J connectivity index is 1.81. The summed E-state index contributed by atoms with van der Waals surface area (Å²) in [6.07, 6.45) is 1.82. The van der Waals surface area contributed by atoms with Crippen molar-refractivity contribution < 1.29 is 9.59 Å². The molecule has 0 spiro atoms. The number of benzene rings is 1. The number of carbonyl (C=O) groups is 2. The monoisotopic (exact) mass is 275 g/mol. The van der Waals surface area contributed by atoms with Crippen LogP contribution in [0.3, 0.4) is 0 Å². The predicted octanol–water partition coefficient (Wildman–Crippen LogP) is 1.26. The van der Waals surface area contributed by atoms with E-state index >= 15 is 0 Å². The fourth-order valence-electron chi connectivity index (χ4n) is 2.33. The molecular formula is C15H21N3O2. The zero-order valence-electron chi connectivity index (χ0n) is 11.7. The number of anilines is 1. The van der Waals surface area contributed by atoms with Gasteiger partial charge >= 0.3 is 0 Å². The van der Waals surface area contributed by atoms with Crippen LogP contribution in [0.15, 0.2) is 24.3 Å². The van der Waals surface area contributed by atoms with Gasteiger partial charge in [0.1, 0.15) is 0 Å². The standard InChI is InChI=1S/C15H21N3O2/c1-11(19)18-14-4-2-12(3-5-14)10-17-15(20)13-6-8-16-9-7-13/h2-5,13,16H,6-10H2,1H3,(H,17,20)(H,18,19). The van der Waals surface area contributed by atoms with Crippen molar-refractivity contribution in [2.45, 2.75) is 26.3 Å². The highest BCUT2D eigenvalue weighted by molar-refractivity contribution is 5.88. The van der Waals surface area contributed by atoms with Crippen molar-refractivity contribution in [1.29, 1.82) is 0 Å². The van der Waals surface area contributed by atoms with Gasteiger partial charge in [-0.25, -0.2) is 0 Å². The highest BCUT2D eigenvalue weighted by Gasteiger charge is 2.20. The number of hydrogen-bond acceptors (Lipinski definition) is 3. The molecule has 5 heteroatoms. The number of rotatable bonds is 4. The Kier molecular flexibility index (Phi) is 5.12. The first-order valence-electron chi connectivity index (χ1n) is 7.00. The van der Waals surface area contributed by atoms with E-state index in [1.54, 1.807) is 0 Å². The zero-order chi connectivity index (χ0) is 14.4. The molecule has 1 fully saturated rings. The first-order chi connectivity index (χ1) is 9.65. The Hall–Kier alpha value is -1.88. The third-order valence-corrected chi connectivity index (χ3v) is 3.45. The summed E-state index contributed by atoms with van der Waals surface area (Å²) in [5.74, 6) is 0.185. The Morgan fingerprint density at radius 2 is 1.85 bits per heavy atom. The number of hydrogen-bond donors (Lipinski definition) is 3. The van der Waals surface area contributed by atoms with E-state index in [2.05, 4.69) is 16.0 Å². The minimum atomic E-state index is -0.0861. The predicted molar refractivity (Wildman–Crippen MR) is 78.2 cm³/mol. The Bertz CT molecular complexity index is 465. The second-order valence-corrected chi connectivity index (χ2v) is 5.12. The molecular weight excluding hydrogens is 254 g/mol. The van der Waals surface area contributed by atoms with Gasteiger partial charge in [-0.3, -0.25) is 9.59 Å². The molecule has 20 heavy (non-hydrogen) atoms. The second kappa shape index (κ2) is 7.05. The lowest BCUT2D eigenvalue weighted by Crippen LogP contribution is -2.37. The smallest absolute Gasteiger partial charge is 0.223 e. The van der Waals surface area contributed by atoms with Gasteiger partial charge in [0.15, 0.2) is 0 Å². The van der Waals surface area contributed by atoms with Gasteiger partial charge < -0.3 is 16.0 Å². The van der Waals surface area contributed by atoms with Gasteiger partial charge in [0.2, 0.25) is 11.8 Å². The van der Waals surface area contributed by atoms with Crippen LogP contribution in [0.2, 0.25) is 0 Å². The van der Waals surface area contributed by atoms with Gasteiger partial charge in [-0.15, -0.1) is 0 Å². The summed E-state index contributed by atoms with van der Waals surface area (Å²) in [6.45, 7) is 3.85. The van der Waals surface area contributed by atoms with Crippen molar-refractivity contribution in [1.82, 2.24) is 10.6 Å². The third kappa shape index (κ3) is 4.35. The highest BCUT2D eigenvalue weighted by Crippen LogP contribution is 2.13. The van der Waals surface area contributed by atoms with Crippen LogP contribution in [-0.2, 0) is 16.1 Å². The molecule has 108 valence electrons. The minimum Gasteiger partial charge on any atom is -0.352 e. The molecule has 2 amide bonds. The summed E-state index contributed by atoms with van der Waals surface area (Å²) in [5, 5.41) is 8.94. The molecule has 0 atom stereocenters. The molecule has 2 rings (SSSR count). The summed E-state index contributed by atoms with van der Waals surface area (Å²) in [7, 11) is 0. The van der Waals surface area contributed by atoms with Crippen LogP contribution in [-0.4, -0.2) is 24.9 Å². The topological polar surface area (TPSA) is 70.2 Å². The van der Waals surface area contributed by atoms with Gasteiger partial charge in [0, 0.05) is 25.1 Å². The summed E-state index contributed by atoms with van der Waals surface area (Å²) in [6, 6.07) is 7.50. The van der Waals surface area contributed by atoms with Crippen LogP contribution in [0.5, 0.6) is 0 Å². The fourth-order valence-corrected chi connectivity index (χ4v) is 2.33. The summed E-state index contributed by atoms with van der Waals surface area (Å²) < 4.78 is 0. The van der Waals surface area contributed by atoms with Crippen molar-refractivity contribution in [3.8, 4) is 0 Å². The molecule has 1 aliphatic heterocycles. The van der Waals surface area contributed by atoms with E-state index in [9.17, 15) is 9.59 Å². The third-order valence-electron chi connectivity index (χ3n) is 3.45. The van der Waals surface area contributed by atoms with E-state index in [-0.39, 0.29) is 17.7 Å². The Labute approximate surface area is 119 Å². The molecule has 1 aliphatic rings. The lowest BCUT2D eigenvalue weighted by molar-refractivity contribution is -0.125. The number of carbonyl (C=O) groups excluding carboxylic acids is 2. The average Bonchev–Trinajstić information content (AvgIpc) is 2.46. The molecule has 0 aliphatic carbocycles. The van der Waals surface area contributed by atoms with Gasteiger partial charge in [-0.2, -0.15) is 0 Å². The normalized spacial score (nSPS) is 15.7. The largest absolute Gasteiger partial charge is 0.352 e.